The number of alkyl halides is 3. The Morgan fingerprint density at radius 2 is 1.82 bits per heavy atom. The second-order valence-electron chi connectivity index (χ2n) is 7.57. The molecule has 11 heteroatoms. The topological polar surface area (TPSA) is 96.9 Å². The fourth-order valence-corrected chi connectivity index (χ4v) is 4.46. The number of amides is 1. The lowest BCUT2D eigenvalue weighted by Gasteiger charge is -2.19. The van der Waals surface area contributed by atoms with Crippen molar-refractivity contribution in [2.75, 3.05) is 13.2 Å². The molecular formula is C22H24F3N3O4S. The number of nitrogens with zero attached hydrogens (tertiary/aromatic N) is 1. The first-order chi connectivity index (χ1) is 15.5. The molecule has 0 spiro atoms. The number of ether oxygens (including phenoxy) is 1. The molecule has 7 nitrogen and oxygen atoms in total. The molecule has 2 atom stereocenters. The van der Waals surface area contributed by atoms with E-state index in [0.29, 0.717) is 12.0 Å². The zero-order chi connectivity index (χ0) is 24.2. The molecule has 2 N–H and O–H groups in total. The van der Waals surface area contributed by atoms with E-state index in [1.54, 1.807) is 18.2 Å². The third kappa shape index (κ3) is 5.84. The summed E-state index contributed by atoms with van der Waals surface area (Å²) in [6, 6.07) is 9.80. The number of rotatable bonds is 8. The van der Waals surface area contributed by atoms with Gasteiger partial charge in [0, 0.05) is 5.56 Å². The molecule has 33 heavy (non-hydrogen) atoms. The molecule has 1 amide bonds. The van der Waals surface area contributed by atoms with Gasteiger partial charge >= 0.3 is 6.18 Å². The van der Waals surface area contributed by atoms with Crippen molar-refractivity contribution >= 4 is 21.8 Å². The number of benzene rings is 2. The molecule has 1 aliphatic heterocycles. The van der Waals surface area contributed by atoms with Crippen LogP contribution in [0.3, 0.4) is 0 Å². The molecule has 0 unspecified atom stereocenters. The van der Waals surface area contributed by atoms with E-state index in [9.17, 15) is 26.4 Å². The number of hydrogen-bond donors (Lipinski definition) is 2. The van der Waals surface area contributed by atoms with E-state index >= 15 is 0 Å². The summed E-state index contributed by atoms with van der Waals surface area (Å²) < 4.78 is 70.3. The Labute approximate surface area is 190 Å². The summed E-state index contributed by atoms with van der Waals surface area (Å²) in [5, 5.41) is 2.69. The van der Waals surface area contributed by atoms with Gasteiger partial charge in [0.25, 0.3) is 10.0 Å². The van der Waals surface area contributed by atoms with E-state index in [2.05, 4.69) is 15.0 Å². The van der Waals surface area contributed by atoms with Crippen LogP contribution in [-0.4, -0.2) is 39.4 Å². The number of nitrogens with one attached hydrogen (secondary N) is 2. The Morgan fingerprint density at radius 3 is 2.45 bits per heavy atom. The molecule has 178 valence electrons. The molecule has 2 aromatic rings. The average molecular weight is 484 g/mol. The zero-order valence-electron chi connectivity index (χ0n) is 18.0. The van der Waals surface area contributed by atoms with Gasteiger partial charge in [0.05, 0.1) is 17.0 Å². The third-order valence-corrected chi connectivity index (χ3v) is 6.63. The van der Waals surface area contributed by atoms with E-state index < -0.39 is 33.7 Å². The van der Waals surface area contributed by atoms with Gasteiger partial charge in [0.15, 0.2) is 0 Å². The maximum Gasteiger partial charge on any atom is 0.416 e. The number of hydrogen-bond acceptors (Lipinski definition) is 5. The summed E-state index contributed by atoms with van der Waals surface area (Å²) >= 11 is 0. The summed E-state index contributed by atoms with van der Waals surface area (Å²) in [5.41, 5.74) is -0.369. The highest BCUT2D eigenvalue weighted by Crippen LogP contribution is 2.30. The highest BCUT2D eigenvalue weighted by Gasteiger charge is 2.33. The van der Waals surface area contributed by atoms with Crippen LogP contribution in [0, 0.1) is 5.92 Å². The number of carbonyl (C=O) groups is 1. The van der Waals surface area contributed by atoms with E-state index in [1.807, 2.05) is 13.8 Å². The van der Waals surface area contributed by atoms with Crippen LogP contribution in [0.4, 0.5) is 13.2 Å². The molecule has 2 aromatic carbocycles. The Hall–Kier alpha value is -3.08. The molecule has 0 radical (unpaired) electrons. The zero-order valence-corrected chi connectivity index (χ0v) is 18.8. The number of amidine groups is 1. The van der Waals surface area contributed by atoms with Crippen molar-refractivity contribution in [3.63, 3.8) is 0 Å². The van der Waals surface area contributed by atoms with Gasteiger partial charge in [0.1, 0.15) is 24.2 Å². The molecule has 1 heterocycles. The minimum absolute atomic E-state index is 0.0381. The lowest BCUT2D eigenvalue weighted by molar-refractivity contribution is -0.137. The lowest BCUT2D eigenvalue weighted by atomic mass is 9.98. The van der Waals surface area contributed by atoms with Crippen molar-refractivity contribution in [1.82, 2.24) is 10.0 Å². The van der Waals surface area contributed by atoms with E-state index in [4.69, 9.17) is 4.74 Å². The number of halogens is 3. The highest BCUT2D eigenvalue weighted by atomic mass is 32.2. The summed E-state index contributed by atoms with van der Waals surface area (Å²) in [7, 11) is -3.73. The quantitative estimate of drug-likeness (QED) is 0.563. The van der Waals surface area contributed by atoms with E-state index in [0.717, 1.165) is 12.1 Å². The Bertz CT molecular complexity index is 1130. The van der Waals surface area contributed by atoms with Gasteiger partial charge in [-0.3, -0.25) is 14.5 Å². The molecule has 3 rings (SSSR count). The van der Waals surface area contributed by atoms with Gasteiger partial charge < -0.3 is 10.1 Å². The average Bonchev–Trinajstić information content (AvgIpc) is 3.04. The van der Waals surface area contributed by atoms with Gasteiger partial charge in [-0.1, -0.05) is 32.4 Å². The first kappa shape index (κ1) is 24.6. The molecule has 0 aliphatic carbocycles. The smallest absolute Gasteiger partial charge is 0.416 e. The summed E-state index contributed by atoms with van der Waals surface area (Å²) in [6.45, 7) is 3.87. The minimum atomic E-state index is -4.42. The first-order valence-electron chi connectivity index (χ1n) is 10.3. The number of carbonyl (C=O) groups excluding carboxylic acids is 1. The summed E-state index contributed by atoms with van der Waals surface area (Å²) in [4.78, 5) is 17.3. The van der Waals surface area contributed by atoms with Crippen molar-refractivity contribution in [3.05, 3.63) is 59.7 Å². The predicted octanol–water partition coefficient (Wildman–Crippen LogP) is 3.35. The molecule has 1 aliphatic rings. The maximum absolute atomic E-state index is 12.8. The van der Waals surface area contributed by atoms with E-state index in [-0.39, 0.29) is 35.6 Å². The second-order valence-corrected chi connectivity index (χ2v) is 9.22. The molecular weight excluding hydrogens is 459 g/mol. The molecule has 0 bridgehead atoms. The standard InChI is InChI=1S/C22H24F3N3O4S/c1-3-14(2)19(27-20-17-6-4-5-7-18(17)33(30,31)28-20)21(29)26-12-13-32-16-10-8-15(9-11-16)22(23,24)25/h4-11,14,19H,3,12-13H2,1-2H3,(H,26,29)(H,27,28)/t14-,19-/m0/s1. The first-order valence-corrected chi connectivity index (χ1v) is 11.8. The van der Waals surface area contributed by atoms with Crippen LogP contribution in [0.15, 0.2) is 58.4 Å². The van der Waals surface area contributed by atoms with Crippen LogP contribution in [0.25, 0.3) is 0 Å². The summed E-state index contributed by atoms with van der Waals surface area (Å²) in [6.07, 6.45) is -3.79. The number of aliphatic imine (C=N–C) groups is 1. The van der Waals surface area contributed by atoms with Gasteiger partial charge in [-0.2, -0.15) is 13.2 Å². The van der Waals surface area contributed by atoms with Crippen LogP contribution in [-0.2, 0) is 21.0 Å². The normalized spacial score (nSPS) is 17.7. The molecule has 0 aromatic heterocycles. The predicted molar refractivity (Wildman–Crippen MR) is 116 cm³/mol. The monoisotopic (exact) mass is 483 g/mol. The van der Waals surface area contributed by atoms with Crippen LogP contribution >= 0.6 is 0 Å². The Kier molecular flexibility index (Phi) is 7.31. The maximum atomic E-state index is 12.8. The van der Waals surface area contributed by atoms with Crippen LogP contribution in [0.2, 0.25) is 0 Å². The molecule has 0 fully saturated rings. The van der Waals surface area contributed by atoms with E-state index in [1.165, 1.54) is 18.2 Å². The number of fused-ring (bicyclic) bond motifs is 1. The van der Waals surface area contributed by atoms with Gasteiger partial charge in [-0.05, 0) is 42.3 Å². The van der Waals surface area contributed by atoms with Crippen molar-refractivity contribution in [1.29, 1.82) is 0 Å². The van der Waals surface area contributed by atoms with Crippen LogP contribution < -0.4 is 14.8 Å². The van der Waals surface area contributed by atoms with Crippen molar-refractivity contribution in [3.8, 4) is 5.75 Å². The lowest BCUT2D eigenvalue weighted by Crippen LogP contribution is -2.40. The van der Waals surface area contributed by atoms with Crippen molar-refractivity contribution < 1.29 is 31.1 Å². The number of sulfonamides is 1. The Balaban J connectivity index is 1.63. The van der Waals surface area contributed by atoms with Gasteiger partial charge in [0.2, 0.25) is 5.91 Å². The minimum Gasteiger partial charge on any atom is -0.492 e. The van der Waals surface area contributed by atoms with Crippen LogP contribution in [0.1, 0.15) is 31.4 Å². The Morgan fingerprint density at radius 1 is 1.15 bits per heavy atom. The van der Waals surface area contributed by atoms with Gasteiger partial charge in [-0.25, -0.2) is 8.42 Å². The second kappa shape index (κ2) is 9.82. The van der Waals surface area contributed by atoms with Crippen LogP contribution in [0.5, 0.6) is 5.75 Å². The fraction of sp³-hybridized carbons (Fsp3) is 0.364. The SMILES string of the molecule is CC[C@H](C)[C@H](N=C1NS(=O)(=O)c2ccccc21)C(=O)NCCOc1ccc(C(F)(F)F)cc1. The fourth-order valence-electron chi connectivity index (χ4n) is 3.22. The largest absolute Gasteiger partial charge is 0.492 e. The third-order valence-electron chi connectivity index (χ3n) is 5.23. The van der Waals surface area contributed by atoms with Crippen molar-refractivity contribution in [2.45, 2.75) is 37.4 Å². The molecule has 0 saturated carbocycles. The molecule has 0 saturated heterocycles. The van der Waals surface area contributed by atoms with Gasteiger partial charge in [-0.15, -0.1) is 0 Å². The van der Waals surface area contributed by atoms with Crippen molar-refractivity contribution in [2.24, 2.45) is 10.9 Å². The summed E-state index contributed by atoms with van der Waals surface area (Å²) in [5.74, 6) is -0.220. The highest BCUT2D eigenvalue weighted by molar-refractivity contribution is 7.90.